The van der Waals surface area contributed by atoms with Crippen molar-refractivity contribution in [2.75, 3.05) is 5.75 Å². The number of allylic oxidation sites excluding steroid dienone is 2. The van der Waals surface area contributed by atoms with Gasteiger partial charge in [0.15, 0.2) is 10.0 Å². The molecule has 0 aromatic carbocycles. The fourth-order valence-electron chi connectivity index (χ4n) is 1.24. The smallest absolute Gasteiger partial charge is 0.410 e. The van der Waals surface area contributed by atoms with Crippen molar-refractivity contribution in [3.8, 4) is 0 Å². The summed E-state index contributed by atoms with van der Waals surface area (Å²) < 4.78 is 37.1. The lowest BCUT2D eigenvalue weighted by Gasteiger charge is -2.31. The standard InChI is InChI=1S/C9H10ClF3N2OS/c1-2-17-8(7(10)15-16)4-3-6(5-14-8)9(11,12)13/h3-5,14,16H,2H2,1H3. The number of oxime groups is 1. The number of nitrogens with zero attached hydrogens (tertiary/aromatic N) is 1. The normalized spacial score (nSPS) is 25.5. The topological polar surface area (TPSA) is 44.6 Å². The molecule has 1 heterocycles. The summed E-state index contributed by atoms with van der Waals surface area (Å²) in [5.41, 5.74) is -0.813. The molecule has 0 amide bonds. The molecule has 0 spiro atoms. The number of halogens is 4. The average molecular weight is 287 g/mol. The molecule has 0 aromatic rings. The van der Waals surface area contributed by atoms with Gasteiger partial charge in [-0.25, -0.2) is 0 Å². The highest BCUT2D eigenvalue weighted by atomic mass is 35.5. The van der Waals surface area contributed by atoms with Crippen molar-refractivity contribution in [1.82, 2.24) is 5.32 Å². The zero-order chi connectivity index (χ0) is 13.1. The fourth-order valence-corrected chi connectivity index (χ4v) is 2.45. The SMILES string of the molecule is CCSC1(C(Cl)=NO)C=CC(C(F)(F)F)=CN1. The van der Waals surface area contributed by atoms with Crippen molar-refractivity contribution in [3.63, 3.8) is 0 Å². The summed E-state index contributed by atoms with van der Waals surface area (Å²) in [7, 11) is 0. The summed E-state index contributed by atoms with van der Waals surface area (Å²) in [6, 6.07) is 0. The Kier molecular flexibility index (Phi) is 4.37. The first-order valence-corrected chi connectivity index (χ1v) is 5.98. The van der Waals surface area contributed by atoms with E-state index in [0.29, 0.717) is 5.75 Å². The zero-order valence-electron chi connectivity index (χ0n) is 8.75. The van der Waals surface area contributed by atoms with Crippen molar-refractivity contribution in [1.29, 1.82) is 0 Å². The Hall–Kier alpha value is -0.820. The Morgan fingerprint density at radius 3 is 2.65 bits per heavy atom. The van der Waals surface area contributed by atoms with Crippen LogP contribution in [-0.2, 0) is 0 Å². The lowest BCUT2D eigenvalue weighted by molar-refractivity contribution is -0.0888. The Bertz CT molecular complexity index is 381. The Labute approximate surface area is 105 Å². The molecule has 8 heteroatoms. The molecule has 0 radical (unpaired) electrons. The van der Waals surface area contributed by atoms with Gasteiger partial charge in [0.2, 0.25) is 0 Å². The first kappa shape index (κ1) is 14.2. The van der Waals surface area contributed by atoms with E-state index < -0.39 is 16.6 Å². The van der Waals surface area contributed by atoms with Gasteiger partial charge >= 0.3 is 6.18 Å². The van der Waals surface area contributed by atoms with E-state index in [-0.39, 0.29) is 5.17 Å². The van der Waals surface area contributed by atoms with Gasteiger partial charge in [0.25, 0.3) is 0 Å². The van der Waals surface area contributed by atoms with E-state index in [1.54, 1.807) is 0 Å². The Morgan fingerprint density at radius 1 is 1.65 bits per heavy atom. The van der Waals surface area contributed by atoms with Gasteiger partial charge in [-0.2, -0.15) is 13.2 Å². The summed E-state index contributed by atoms with van der Waals surface area (Å²) in [6.45, 7) is 1.81. The second-order valence-corrected chi connectivity index (χ2v) is 5.00. The van der Waals surface area contributed by atoms with Gasteiger partial charge in [0.05, 0.1) is 5.57 Å². The van der Waals surface area contributed by atoms with Crippen molar-refractivity contribution < 1.29 is 18.4 Å². The van der Waals surface area contributed by atoms with E-state index in [2.05, 4.69) is 10.5 Å². The van der Waals surface area contributed by atoms with Crippen LogP contribution in [0.4, 0.5) is 13.2 Å². The molecule has 3 nitrogen and oxygen atoms in total. The molecular formula is C9H10ClF3N2OS. The summed E-state index contributed by atoms with van der Waals surface area (Å²) in [5, 5.41) is 13.7. The maximum atomic E-state index is 12.4. The van der Waals surface area contributed by atoms with Crippen LogP contribution in [0.3, 0.4) is 0 Å². The summed E-state index contributed by atoms with van der Waals surface area (Å²) >= 11 is 6.91. The van der Waals surface area contributed by atoms with Gasteiger partial charge in [0.1, 0.15) is 0 Å². The summed E-state index contributed by atoms with van der Waals surface area (Å²) in [4.78, 5) is -1.14. The predicted octanol–water partition coefficient (Wildman–Crippen LogP) is 3.07. The number of alkyl halides is 3. The highest BCUT2D eigenvalue weighted by Gasteiger charge is 2.39. The fraction of sp³-hybridized carbons (Fsp3) is 0.444. The number of thioether (sulfide) groups is 1. The maximum absolute atomic E-state index is 12.4. The van der Waals surface area contributed by atoms with Gasteiger partial charge < -0.3 is 10.5 Å². The van der Waals surface area contributed by atoms with Crippen molar-refractivity contribution >= 4 is 28.5 Å². The van der Waals surface area contributed by atoms with E-state index in [0.717, 1.165) is 12.3 Å². The van der Waals surface area contributed by atoms with Crippen LogP contribution in [0.15, 0.2) is 29.1 Å². The van der Waals surface area contributed by atoms with Crippen LogP contribution in [-0.4, -0.2) is 27.2 Å². The monoisotopic (exact) mass is 286 g/mol. The molecule has 0 bridgehead atoms. The van der Waals surface area contributed by atoms with Crippen LogP contribution < -0.4 is 5.32 Å². The minimum absolute atomic E-state index is 0.224. The number of rotatable bonds is 3. The minimum Gasteiger partial charge on any atom is -0.410 e. The number of hydrogen-bond donors (Lipinski definition) is 2. The van der Waals surface area contributed by atoms with Gasteiger partial charge in [-0.3, -0.25) is 0 Å². The van der Waals surface area contributed by atoms with Crippen LogP contribution in [0.2, 0.25) is 0 Å². The molecule has 0 aliphatic carbocycles. The van der Waals surface area contributed by atoms with Gasteiger partial charge in [-0.1, -0.05) is 23.7 Å². The van der Waals surface area contributed by atoms with Crippen LogP contribution in [0.25, 0.3) is 0 Å². The molecule has 0 fully saturated rings. The molecule has 0 aromatic heterocycles. The second kappa shape index (κ2) is 5.22. The van der Waals surface area contributed by atoms with E-state index in [9.17, 15) is 13.2 Å². The van der Waals surface area contributed by atoms with Gasteiger partial charge in [0, 0.05) is 6.20 Å². The number of hydrogen-bond acceptors (Lipinski definition) is 4. The van der Waals surface area contributed by atoms with Crippen LogP contribution in [0.5, 0.6) is 0 Å². The molecule has 0 saturated carbocycles. The van der Waals surface area contributed by atoms with Crippen molar-refractivity contribution in [3.05, 3.63) is 23.9 Å². The highest BCUT2D eigenvalue weighted by molar-refractivity contribution is 8.01. The molecule has 0 saturated heterocycles. The lowest BCUT2D eigenvalue weighted by atomic mass is 10.1. The Balaban J connectivity index is 2.97. The van der Waals surface area contributed by atoms with Crippen LogP contribution >= 0.6 is 23.4 Å². The van der Waals surface area contributed by atoms with E-state index >= 15 is 0 Å². The Morgan fingerprint density at radius 2 is 2.29 bits per heavy atom. The van der Waals surface area contributed by atoms with E-state index in [4.69, 9.17) is 16.8 Å². The molecule has 1 unspecified atom stereocenters. The van der Waals surface area contributed by atoms with Crippen LogP contribution in [0, 0.1) is 0 Å². The molecule has 17 heavy (non-hydrogen) atoms. The molecule has 1 atom stereocenters. The largest absolute Gasteiger partial charge is 0.417 e. The summed E-state index contributed by atoms with van der Waals surface area (Å²) in [5.74, 6) is 0.582. The highest BCUT2D eigenvalue weighted by Crippen LogP contribution is 2.35. The lowest BCUT2D eigenvalue weighted by Crippen LogP contribution is -2.45. The van der Waals surface area contributed by atoms with Crippen LogP contribution in [0.1, 0.15) is 6.92 Å². The number of dihydropyridines is 1. The molecule has 2 N–H and O–H groups in total. The third kappa shape index (κ3) is 3.10. The van der Waals surface area contributed by atoms with Gasteiger partial charge in [-0.15, -0.1) is 11.8 Å². The third-order valence-corrected chi connectivity index (χ3v) is 3.71. The maximum Gasteiger partial charge on any atom is 0.417 e. The average Bonchev–Trinajstić information content (AvgIpc) is 2.27. The quantitative estimate of drug-likeness (QED) is 0.476. The summed E-state index contributed by atoms with van der Waals surface area (Å²) in [6.07, 6.45) is -1.47. The van der Waals surface area contributed by atoms with Crippen molar-refractivity contribution in [2.45, 2.75) is 18.0 Å². The first-order valence-electron chi connectivity index (χ1n) is 4.62. The van der Waals surface area contributed by atoms with Crippen molar-refractivity contribution in [2.24, 2.45) is 5.16 Å². The van der Waals surface area contributed by atoms with E-state index in [1.165, 1.54) is 17.8 Å². The second-order valence-electron chi connectivity index (χ2n) is 3.13. The van der Waals surface area contributed by atoms with Gasteiger partial charge in [-0.05, 0) is 17.9 Å². The number of nitrogens with one attached hydrogen (secondary N) is 1. The molecule has 96 valence electrons. The molecular weight excluding hydrogens is 277 g/mol. The molecule has 1 aliphatic rings. The first-order chi connectivity index (χ1) is 7.85. The molecule has 1 rings (SSSR count). The zero-order valence-corrected chi connectivity index (χ0v) is 10.3. The molecule has 1 aliphatic heterocycles. The third-order valence-electron chi connectivity index (χ3n) is 2.03. The predicted molar refractivity (Wildman–Crippen MR) is 62.4 cm³/mol. The minimum atomic E-state index is -4.42. The van der Waals surface area contributed by atoms with E-state index in [1.807, 2.05) is 6.92 Å².